The van der Waals surface area contributed by atoms with E-state index in [2.05, 4.69) is 5.32 Å². The highest BCUT2D eigenvalue weighted by Gasteiger charge is 2.25. The van der Waals surface area contributed by atoms with Gasteiger partial charge >= 0.3 is 6.03 Å². The number of methoxy groups -OCH3 is 1. The van der Waals surface area contributed by atoms with Gasteiger partial charge in [0.05, 0.1) is 18.9 Å². The van der Waals surface area contributed by atoms with Crippen LogP contribution in [0, 0.1) is 11.7 Å². The van der Waals surface area contributed by atoms with Gasteiger partial charge < -0.3 is 20.1 Å². The van der Waals surface area contributed by atoms with Crippen LogP contribution in [0.5, 0.6) is 5.75 Å². The Hall–Kier alpha value is -1.82. The fourth-order valence-electron chi connectivity index (χ4n) is 2.81. The molecule has 6 heteroatoms. The molecule has 2 unspecified atom stereocenters. The summed E-state index contributed by atoms with van der Waals surface area (Å²) in [6, 6.07) is 3.65. The molecule has 1 aromatic rings. The molecule has 1 aromatic carbocycles. The summed E-state index contributed by atoms with van der Waals surface area (Å²) < 4.78 is 18.2. The van der Waals surface area contributed by atoms with Crippen molar-refractivity contribution < 1.29 is 19.0 Å². The normalized spacial score (nSPS) is 21.3. The summed E-state index contributed by atoms with van der Waals surface area (Å²) >= 11 is 0. The number of hydrogen-bond acceptors (Lipinski definition) is 3. The van der Waals surface area contributed by atoms with Gasteiger partial charge in [-0.2, -0.15) is 0 Å². The number of urea groups is 1. The number of amides is 2. The average molecular weight is 310 g/mol. The van der Waals surface area contributed by atoms with E-state index in [1.54, 1.807) is 11.9 Å². The second kappa shape index (κ2) is 7.45. The lowest BCUT2D eigenvalue weighted by atomic mass is 9.86. The maximum absolute atomic E-state index is 13.2. The maximum atomic E-state index is 13.2. The molecule has 1 aliphatic carbocycles. The maximum Gasteiger partial charge on any atom is 0.321 e. The van der Waals surface area contributed by atoms with Crippen molar-refractivity contribution >= 4 is 11.7 Å². The minimum Gasteiger partial charge on any atom is -0.494 e. The van der Waals surface area contributed by atoms with Gasteiger partial charge in [-0.1, -0.05) is 12.8 Å². The van der Waals surface area contributed by atoms with E-state index in [0.717, 1.165) is 25.7 Å². The van der Waals surface area contributed by atoms with Crippen molar-refractivity contribution in [2.45, 2.75) is 31.8 Å². The second-order valence-electron chi connectivity index (χ2n) is 5.77. The molecule has 5 nitrogen and oxygen atoms in total. The quantitative estimate of drug-likeness (QED) is 0.899. The molecule has 2 amide bonds. The van der Waals surface area contributed by atoms with Crippen molar-refractivity contribution in [3.8, 4) is 5.75 Å². The number of anilines is 1. The molecule has 0 bridgehead atoms. The Morgan fingerprint density at radius 1 is 1.45 bits per heavy atom. The Kier molecular flexibility index (Phi) is 5.60. The summed E-state index contributed by atoms with van der Waals surface area (Å²) in [5.41, 5.74) is 0.421. The van der Waals surface area contributed by atoms with E-state index in [1.807, 2.05) is 0 Å². The number of ether oxygens (including phenoxy) is 1. The lowest BCUT2D eigenvalue weighted by Crippen LogP contribution is -2.40. The third kappa shape index (κ3) is 4.10. The van der Waals surface area contributed by atoms with Gasteiger partial charge in [-0.25, -0.2) is 9.18 Å². The molecule has 0 spiro atoms. The van der Waals surface area contributed by atoms with Gasteiger partial charge in [-0.05, 0) is 25.0 Å². The number of nitrogens with zero attached hydrogens (tertiary/aromatic N) is 1. The zero-order valence-corrected chi connectivity index (χ0v) is 13.0. The van der Waals surface area contributed by atoms with E-state index < -0.39 is 5.82 Å². The second-order valence-corrected chi connectivity index (χ2v) is 5.77. The molecular formula is C16H23FN2O3. The lowest BCUT2D eigenvalue weighted by molar-refractivity contribution is 0.0575. The fraction of sp³-hybridized carbons (Fsp3) is 0.562. The van der Waals surface area contributed by atoms with Crippen molar-refractivity contribution in [3.63, 3.8) is 0 Å². The molecule has 0 aromatic heterocycles. The van der Waals surface area contributed by atoms with Gasteiger partial charge in [0.2, 0.25) is 0 Å². The predicted molar refractivity (Wildman–Crippen MR) is 82.6 cm³/mol. The third-order valence-electron chi connectivity index (χ3n) is 4.13. The van der Waals surface area contributed by atoms with Crippen LogP contribution in [0.1, 0.15) is 25.7 Å². The number of aliphatic hydroxyl groups is 1. The van der Waals surface area contributed by atoms with E-state index in [0.29, 0.717) is 12.2 Å². The Bertz CT molecular complexity index is 524. The Balaban J connectivity index is 1.96. The van der Waals surface area contributed by atoms with Crippen LogP contribution in [0.25, 0.3) is 0 Å². The molecule has 0 radical (unpaired) electrons. The first-order chi connectivity index (χ1) is 10.5. The summed E-state index contributed by atoms with van der Waals surface area (Å²) in [6.45, 7) is 0.497. The highest BCUT2D eigenvalue weighted by molar-refractivity contribution is 5.90. The first kappa shape index (κ1) is 16.5. The van der Waals surface area contributed by atoms with Gasteiger partial charge in [0, 0.05) is 25.6 Å². The molecule has 2 N–H and O–H groups in total. The van der Waals surface area contributed by atoms with Crippen LogP contribution in [0.3, 0.4) is 0 Å². The van der Waals surface area contributed by atoms with Crippen LogP contribution in [0.15, 0.2) is 18.2 Å². The topological polar surface area (TPSA) is 61.8 Å². The number of nitrogens with one attached hydrogen (secondary N) is 1. The zero-order valence-electron chi connectivity index (χ0n) is 13.0. The largest absolute Gasteiger partial charge is 0.494 e. The van der Waals surface area contributed by atoms with Crippen LogP contribution >= 0.6 is 0 Å². The molecule has 0 aliphatic heterocycles. The van der Waals surface area contributed by atoms with E-state index in [-0.39, 0.29) is 23.8 Å². The predicted octanol–water partition coefficient (Wildman–Crippen LogP) is 2.85. The van der Waals surface area contributed by atoms with Crippen LogP contribution in [0.2, 0.25) is 0 Å². The number of rotatable bonds is 4. The van der Waals surface area contributed by atoms with Gasteiger partial charge in [-0.15, -0.1) is 0 Å². The van der Waals surface area contributed by atoms with Crippen LogP contribution in [-0.2, 0) is 0 Å². The minimum atomic E-state index is -0.423. The number of benzene rings is 1. The Morgan fingerprint density at radius 3 is 2.86 bits per heavy atom. The monoisotopic (exact) mass is 310 g/mol. The van der Waals surface area contributed by atoms with Gasteiger partial charge in [-0.3, -0.25) is 0 Å². The zero-order chi connectivity index (χ0) is 16.1. The van der Waals surface area contributed by atoms with E-state index in [9.17, 15) is 14.3 Å². The molecule has 1 saturated carbocycles. The lowest BCUT2D eigenvalue weighted by Gasteiger charge is -2.31. The van der Waals surface area contributed by atoms with Crippen LogP contribution in [0.4, 0.5) is 14.9 Å². The van der Waals surface area contributed by atoms with Crippen molar-refractivity contribution in [2.75, 3.05) is 26.0 Å². The summed E-state index contributed by atoms with van der Waals surface area (Å²) in [4.78, 5) is 13.8. The van der Waals surface area contributed by atoms with E-state index in [1.165, 1.54) is 25.3 Å². The first-order valence-electron chi connectivity index (χ1n) is 7.55. The summed E-state index contributed by atoms with van der Waals surface area (Å²) in [5.74, 6) is -0.0346. The molecule has 0 saturated heterocycles. The molecule has 122 valence electrons. The molecule has 2 rings (SSSR count). The molecule has 2 atom stereocenters. The number of hydrogen-bond donors (Lipinski definition) is 2. The smallest absolute Gasteiger partial charge is 0.321 e. The summed E-state index contributed by atoms with van der Waals surface area (Å²) in [6.07, 6.45) is 3.51. The minimum absolute atomic E-state index is 0.111. The fourth-order valence-corrected chi connectivity index (χ4v) is 2.81. The van der Waals surface area contributed by atoms with E-state index >= 15 is 0 Å². The van der Waals surface area contributed by atoms with Crippen molar-refractivity contribution in [1.82, 2.24) is 4.90 Å². The van der Waals surface area contributed by atoms with Crippen molar-refractivity contribution in [1.29, 1.82) is 0 Å². The molecule has 1 aliphatic rings. The molecule has 1 fully saturated rings. The highest BCUT2D eigenvalue weighted by atomic mass is 19.1. The average Bonchev–Trinajstić information content (AvgIpc) is 2.51. The van der Waals surface area contributed by atoms with Crippen LogP contribution in [-0.4, -0.2) is 42.8 Å². The van der Waals surface area contributed by atoms with E-state index in [4.69, 9.17) is 4.74 Å². The number of carbonyl (C=O) groups excluding carboxylic acids is 1. The standard InChI is InChI=1S/C16H23FN2O3/c1-19(10-11-5-3-4-6-14(11)20)16(21)18-13-8-7-12(17)9-15(13)22-2/h7-9,11,14,20H,3-6,10H2,1-2H3,(H,18,21). The van der Waals surface area contributed by atoms with Crippen LogP contribution < -0.4 is 10.1 Å². The van der Waals surface area contributed by atoms with Gasteiger partial charge in [0.1, 0.15) is 11.6 Å². The molecule has 0 heterocycles. The SMILES string of the molecule is COc1cc(F)ccc1NC(=O)N(C)CC1CCCCC1O. The number of aliphatic hydroxyl groups excluding tert-OH is 1. The van der Waals surface area contributed by atoms with Crippen molar-refractivity contribution in [3.05, 3.63) is 24.0 Å². The van der Waals surface area contributed by atoms with Gasteiger partial charge in [0.25, 0.3) is 0 Å². The molecular weight excluding hydrogens is 287 g/mol. The Labute approximate surface area is 130 Å². The summed E-state index contributed by atoms with van der Waals surface area (Å²) in [7, 11) is 3.11. The summed E-state index contributed by atoms with van der Waals surface area (Å²) in [5, 5.41) is 12.7. The third-order valence-corrected chi connectivity index (χ3v) is 4.13. The first-order valence-corrected chi connectivity index (χ1v) is 7.55. The number of carbonyl (C=O) groups is 1. The highest BCUT2D eigenvalue weighted by Crippen LogP contribution is 2.27. The molecule has 22 heavy (non-hydrogen) atoms. The Morgan fingerprint density at radius 2 is 2.18 bits per heavy atom. The van der Waals surface area contributed by atoms with Gasteiger partial charge in [0.15, 0.2) is 0 Å². The van der Waals surface area contributed by atoms with Crippen molar-refractivity contribution in [2.24, 2.45) is 5.92 Å². The number of halogens is 1.